The molecule has 1 aliphatic heterocycles. The Bertz CT molecular complexity index is 1110. The van der Waals surface area contributed by atoms with Gasteiger partial charge in [-0.3, -0.25) is 9.59 Å². The van der Waals surface area contributed by atoms with Crippen molar-refractivity contribution in [2.24, 2.45) is 0 Å². The molecule has 0 unspecified atom stereocenters. The number of nitriles is 1. The molecule has 3 rings (SSSR count). The second kappa shape index (κ2) is 15.9. The molecule has 1 saturated heterocycles. The van der Waals surface area contributed by atoms with E-state index in [1.165, 1.54) is 24.9 Å². The lowest BCUT2D eigenvalue weighted by Crippen LogP contribution is -2.29. The van der Waals surface area contributed by atoms with Crippen molar-refractivity contribution in [1.82, 2.24) is 5.32 Å². The SMILES string of the molecule is N#C/C(=C\c1ccc2cc(N3CCCCC3)ccc2c1)C(=O)NCCOCCOCCOC(=O)CCS. The molecule has 1 aliphatic rings. The van der Waals surface area contributed by atoms with Gasteiger partial charge < -0.3 is 24.4 Å². The number of esters is 1. The van der Waals surface area contributed by atoms with Crippen LogP contribution in [0.3, 0.4) is 0 Å². The molecule has 0 spiro atoms. The fourth-order valence-electron chi connectivity index (χ4n) is 4.04. The van der Waals surface area contributed by atoms with Crippen molar-refractivity contribution in [3.8, 4) is 6.07 Å². The molecule has 0 saturated carbocycles. The molecular weight excluding hydrogens is 490 g/mol. The lowest BCUT2D eigenvalue weighted by atomic mass is 10.0. The number of carbonyl (C=O) groups excluding carboxylic acids is 2. The molecule has 0 aromatic heterocycles. The van der Waals surface area contributed by atoms with Gasteiger partial charge in [-0.2, -0.15) is 17.9 Å². The molecule has 0 radical (unpaired) electrons. The highest BCUT2D eigenvalue weighted by Gasteiger charge is 2.12. The number of amides is 1. The first-order valence-electron chi connectivity index (χ1n) is 12.7. The van der Waals surface area contributed by atoms with Gasteiger partial charge in [-0.25, -0.2) is 0 Å². The summed E-state index contributed by atoms with van der Waals surface area (Å²) in [5.74, 6) is -0.274. The zero-order chi connectivity index (χ0) is 26.3. The van der Waals surface area contributed by atoms with Crippen molar-refractivity contribution in [2.45, 2.75) is 25.7 Å². The molecule has 1 amide bonds. The summed E-state index contributed by atoms with van der Waals surface area (Å²) in [7, 11) is 0. The molecule has 198 valence electrons. The monoisotopic (exact) mass is 525 g/mol. The highest BCUT2D eigenvalue weighted by molar-refractivity contribution is 7.80. The van der Waals surface area contributed by atoms with Crippen molar-refractivity contribution in [3.05, 3.63) is 47.5 Å². The minimum absolute atomic E-state index is 0.0417. The summed E-state index contributed by atoms with van der Waals surface area (Å²) in [4.78, 5) is 26.0. The number of carbonyl (C=O) groups is 2. The van der Waals surface area contributed by atoms with E-state index in [4.69, 9.17) is 14.2 Å². The van der Waals surface area contributed by atoms with E-state index in [0.29, 0.717) is 32.2 Å². The van der Waals surface area contributed by atoms with Crippen LogP contribution in [0.4, 0.5) is 5.69 Å². The number of thiol groups is 1. The van der Waals surface area contributed by atoms with Gasteiger partial charge in [0.1, 0.15) is 18.2 Å². The zero-order valence-electron chi connectivity index (χ0n) is 21.1. The molecule has 9 heteroatoms. The highest BCUT2D eigenvalue weighted by atomic mass is 32.1. The Morgan fingerprint density at radius 2 is 1.68 bits per heavy atom. The molecular formula is C28H35N3O5S. The Morgan fingerprint density at radius 1 is 0.973 bits per heavy atom. The number of rotatable bonds is 14. The Kier molecular flexibility index (Phi) is 12.3. The van der Waals surface area contributed by atoms with Crippen LogP contribution in [0.1, 0.15) is 31.2 Å². The highest BCUT2D eigenvalue weighted by Crippen LogP contribution is 2.26. The number of nitrogens with zero attached hydrogens (tertiary/aromatic N) is 2. The molecule has 0 aliphatic carbocycles. The summed E-state index contributed by atoms with van der Waals surface area (Å²) in [6.07, 6.45) is 5.65. The van der Waals surface area contributed by atoms with Gasteiger partial charge in [0.05, 0.1) is 32.8 Å². The largest absolute Gasteiger partial charge is 0.463 e. The van der Waals surface area contributed by atoms with E-state index in [1.54, 1.807) is 6.08 Å². The number of ether oxygens (including phenoxy) is 3. The fraction of sp³-hybridized carbons (Fsp3) is 0.464. The van der Waals surface area contributed by atoms with Gasteiger partial charge in [0.15, 0.2) is 0 Å². The minimum atomic E-state index is -0.439. The van der Waals surface area contributed by atoms with Crippen LogP contribution in [0.5, 0.6) is 0 Å². The second-order valence-electron chi connectivity index (χ2n) is 8.68. The van der Waals surface area contributed by atoms with E-state index in [-0.39, 0.29) is 31.1 Å². The standard InChI is InChI=1S/C28H35N3O5S/c29-21-25(28(33)30-9-12-34-13-14-35-15-16-36-27(32)8-17-37)19-22-4-5-24-20-26(7-6-23(24)18-22)31-10-2-1-3-11-31/h4-7,18-20,37H,1-3,8-17H2,(H,30,33)/b25-19+. The van der Waals surface area contributed by atoms with E-state index >= 15 is 0 Å². The summed E-state index contributed by atoms with van der Waals surface area (Å²) in [6.45, 7) is 3.95. The minimum Gasteiger partial charge on any atom is -0.463 e. The Balaban J connectivity index is 1.39. The topological polar surface area (TPSA) is 101 Å². The van der Waals surface area contributed by atoms with Crippen LogP contribution >= 0.6 is 12.6 Å². The van der Waals surface area contributed by atoms with Crippen molar-refractivity contribution in [2.75, 3.05) is 63.3 Å². The van der Waals surface area contributed by atoms with Crippen LogP contribution in [0.15, 0.2) is 42.0 Å². The quantitative estimate of drug-likeness (QED) is 0.127. The van der Waals surface area contributed by atoms with Crippen molar-refractivity contribution >= 4 is 47.0 Å². The van der Waals surface area contributed by atoms with Crippen LogP contribution in [0.2, 0.25) is 0 Å². The lowest BCUT2D eigenvalue weighted by molar-refractivity contribution is -0.144. The van der Waals surface area contributed by atoms with Crippen molar-refractivity contribution in [1.29, 1.82) is 5.26 Å². The van der Waals surface area contributed by atoms with Gasteiger partial charge in [-0.1, -0.05) is 18.2 Å². The maximum atomic E-state index is 12.4. The smallest absolute Gasteiger partial charge is 0.306 e. The second-order valence-corrected chi connectivity index (χ2v) is 9.13. The first-order valence-corrected chi connectivity index (χ1v) is 13.3. The average molecular weight is 526 g/mol. The summed E-state index contributed by atoms with van der Waals surface area (Å²) < 4.78 is 15.7. The first kappa shape index (κ1) is 28.5. The van der Waals surface area contributed by atoms with E-state index in [0.717, 1.165) is 29.4 Å². The molecule has 8 nitrogen and oxygen atoms in total. The van der Waals surface area contributed by atoms with Gasteiger partial charge >= 0.3 is 5.97 Å². The normalized spacial score (nSPS) is 13.8. The third-order valence-electron chi connectivity index (χ3n) is 5.96. The number of anilines is 1. The van der Waals surface area contributed by atoms with Crippen LogP contribution < -0.4 is 10.2 Å². The van der Waals surface area contributed by atoms with Crippen molar-refractivity contribution < 1.29 is 23.8 Å². The predicted molar refractivity (Wildman–Crippen MR) is 148 cm³/mol. The first-order chi connectivity index (χ1) is 18.1. The molecule has 2 aromatic rings. The summed E-state index contributed by atoms with van der Waals surface area (Å²) in [6, 6.07) is 14.4. The van der Waals surface area contributed by atoms with E-state index in [9.17, 15) is 14.9 Å². The number of benzene rings is 2. The summed E-state index contributed by atoms with van der Waals surface area (Å²) >= 11 is 3.96. The predicted octanol–water partition coefficient (Wildman–Crippen LogP) is 3.75. The van der Waals surface area contributed by atoms with Gasteiger partial charge in [-0.05, 0) is 59.9 Å². The lowest BCUT2D eigenvalue weighted by Gasteiger charge is -2.29. The van der Waals surface area contributed by atoms with Crippen LogP contribution in [0, 0.1) is 11.3 Å². The third kappa shape index (κ3) is 9.73. The number of nitrogens with one attached hydrogen (secondary N) is 1. The van der Waals surface area contributed by atoms with Gasteiger partial charge in [0.2, 0.25) is 0 Å². The van der Waals surface area contributed by atoms with Crippen molar-refractivity contribution in [3.63, 3.8) is 0 Å². The summed E-state index contributed by atoms with van der Waals surface area (Å²) in [5.41, 5.74) is 2.08. The molecule has 1 fully saturated rings. The Morgan fingerprint density at radius 3 is 2.43 bits per heavy atom. The van der Waals surface area contributed by atoms with E-state index in [2.05, 4.69) is 41.0 Å². The fourth-order valence-corrected chi connectivity index (χ4v) is 4.22. The van der Waals surface area contributed by atoms with Crippen LogP contribution in [-0.2, 0) is 23.8 Å². The van der Waals surface area contributed by atoms with Gasteiger partial charge in [0.25, 0.3) is 5.91 Å². The van der Waals surface area contributed by atoms with Gasteiger partial charge in [-0.15, -0.1) is 0 Å². The van der Waals surface area contributed by atoms with E-state index in [1.807, 2.05) is 24.3 Å². The summed E-state index contributed by atoms with van der Waals surface area (Å²) in [5, 5.41) is 14.4. The van der Waals surface area contributed by atoms with Gasteiger partial charge in [0, 0.05) is 31.1 Å². The number of piperidine rings is 1. The average Bonchev–Trinajstić information content (AvgIpc) is 2.92. The molecule has 1 heterocycles. The molecule has 0 bridgehead atoms. The number of fused-ring (bicyclic) bond motifs is 1. The number of hydrogen-bond acceptors (Lipinski definition) is 8. The molecule has 37 heavy (non-hydrogen) atoms. The third-order valence-corrected chi connectivity index (χ3v) is 6.18. The van der Waals surface area contributed by atoms with Crippen LogP contribution in [0.25, 0.3) is 16.8 Å². The number of hydrogen-bond donors (Lipinski definition) is 2. The molecule has 0 atom stereocenters. The molecule has 2 aromatic carbocycles. The zero-order valence-corrected chi connectivity index (χ0v) is 22.0. The molecule has 1 N–H and O–H groups in total. The maximum absolute atomic E-state index is 12.4. The Hall–Kier alpha value is -3.06. The Labute approximate surface area is 224 Å². The van der Waals surface area contributed by atoms with E-state index < -0.39 is 5.91 Å². The van der Waals surface area contributed by atoms with Crippen LogP contribution in [-0.4, -0.2) is 70.3 Å². The maximum Gasteiger partial charge on any atom is 0.306 e.